The van der Waals surface area contributed by atoms with Gasteiger partial charge < -0.3 is 15.1 Å². The molecule has 0 aliphatic heterocycles. The first-order valence-corrected chi connectivity index (χ1v) is 12.5. The Labute approximate surface area is 197 Å². The molecule has 0 fully saturated rings. The van der Waals surface area contributed by atoms with Crippen molar-refractivity contribution >= 4 is 28.3 Å². The summed E-state index contributed by atoms with van der Waals surface area (Å²) < 4.78 is 0. The molecule has 0 spiro atoms. The Hall–Kier alpha value is -2.25. The van der Waals surface area contributed by atoms with Crippen molar-refractivity contribution in [1.82, 2.24) is 14.8 Å². The van der Waals surface area contributed by atoms with Crippen LogP contribution in [0.2, 0.25) is 0 Å². The Morgan fingerprint density at radius 2 is 1.69 bits per heavy atom. The first-order valence-electron chi connectivity index (χ1n) is 11.7. The molecule has 7 heteroatoms. The lowest BCUT2D eigenvalue weighted by molar-refractivity contribution is -0.116. The second-order valence-corrected chi connectivity index (χ2v) is 9.32. The van der Waals surface area contributed by atoms with Crippen LogP contribution >= 0.6 is 11.3 Å². The zero-order valence-corrected chi connectivity index (χ0v) is 21.1. The number of hydrogen-bond acceptors (Lipinski definition) is 5. The molecule has 2 rings (SSSR count). The summed E-state index contributed by atoms with van der Waals surface area (Å²) in [6, 6.07) is 7.85. The molecule has 0 radical (unpaired) electrons. The highest BCUT2D eigenvalue weighted by Crippen LogP contribution is 2.21. The van der Waals surface area contributed by atoms with Crippen molar-refractivity contribution in [1.29, 1.82) is 0 Å². The van der Waals surface area contributed by atoms with Gasteiger partial charge in [-0.1, -0.05) is 45.7 Å². The van der Waals surface area contributed by atoms with E-state index in [1.54, 1.807) is 4.90 Å². The fourth-order valence-electron chi connectivity index (χ4n) is 3.49. The average molecular weight is 459 g/mol. The van der Waals surface area contributed by atoms with Crippen molar-refractivity contribution in [2.75, 3.05) is 38.0 Å². The third-order valence-electron chi connectivity index (χ3n) is 5.75. The summed E-state index contributed by atoms with van der Waals surface area (Å²) in [7, 11) is 0. The number of aromatic nitrogens is 1. The maximum absolute atomic E-state index is 13.3. The van der Waals surface area contributed by atoms with Crippen LogP contribution in [0.3, 0.4) is 0 Å². The number of likely N-dealkylation sites (N-methyl/N-ethyl adjacent to an activating group) is 1. The van der Waals surface area contributed by atoms with Crippen LogP contribution in [0.4, 0.5) is 5.13 Å². The van der Waals surface area contributed by atoms with E-state index in [-0.39, 0.29) is 18.4 Å². The summed E-state index contributed by atoms with van der Waals surface area (Å²) >= 11 is 1.45. The number of hydrogen-bond donors (Lipinski definition) is 1. The van der Waals surface area contributed by atoms with Gasteiger partial charge in [0.15, 0.2) is 5.13 Å². The number of nitrogens with zero attached hydrogens (tertiary/aromatic N) is 3. The third-order valence-corrected chi connectivity index (χ3v) is 6.74. The van der Waals surface area contributed by atoms with Gasteiger partial charge in [0, 0.05) is 23.5 Å². The molecule has 2 amide bonds. The summed E-state index contributed by atoms with van der Waals surface area (Å²) in [6.45, 7) is 13.4. The summed E-state index contributed by atoms with van der Waals surface area (Å²) in [5, 5.41) is 3.44. The van der Waals surface area contributed by atoms with Crippen molar-refractivity contribution in [2.24, 2.45) is 0 Å². The number of anilines is 1. The van der Waals surface area contributed by atoms with E-state index in [4.69, 9.17) is 0 Å². The second-order valence-electron chi connectivity index (χ2n) is 8.12. The SMILES string of the molecule is CCCCCc1ccc(C(=O)N(CCN(CC)CC)CC(=O)Nc2nc(C)c(C)s2)cc1. The molecule has 0 bridgehead atoms. The fraction of sp³-hybridized carbons (Fsp3) is 0.560. The normalized spacial score (nSPS) is 11.1. The van der Waals surface area contributed by atoms with E-state index < -0.39 is 0 Å². The van der Waals surface area contributed by atoms with Gasteiger partial charge in [-0.05, 0) is 57.5 Å². The first-order chi connectivity index (χ1) is 15.4. The van der Waals surface area contributed by atoms with Gasteiger partial charge >= 0.3 is 0 Å². The van der Waals surface area contributed by atoms with E-state index >= 15 is 0 Å². The smallest absolute Gasteiger partial charge is 0.254 e. The Kier molecular flexibility index (Phi) is 10.8. The number of carbonyl (C=O) groups excluding carboxylic acids is 2. The Morgan fingerprint density at radius 1 is 1.00 bits per heavy atom. The molecule has 1 aromatic carbocycles. The van der Waals surface area contributed by atoms with Crippen LogP contribution in [0, 0.1) is 13.8 Å². The summed E-state index contributed by atoms with van der Waals surface area (Å²) in [5.74, 6) is -0.332. The van der Waals surface area contributed by atoms with E-state index in [0.29, 0.717) is 17.2 Å². The second kappa shape index (κ2) is 13.3. The molecule has 0 unspecified atom stereocenters. The molecule has 0 aliphatic rings. The van der Waals surface area contributed by atoms with Crippen LogP contribution in [0.15, 0.2) is 24.3 Å². The molecule has 1 aromatic heterocycles. The Balaban J connectivity index is 2.08. The van der Waals surface area contributed by atoms with Crippen LogP contribution in [-0.4, -0.2) is 59.3 Å². The minimum absolute atomic E-state index is 0.00995. The standard InChI is InChI=1S/C25H38N4O2S/c1-6-9-10-11-21-12-14-22(15-13-21)24(31)29(17-16-28(7-2)8-3)18-23(30)27-25-26-19(4)20(5)32-25/h12-15H,6-11,16-18H2,1-5H3,(H,26,27,30). The number of nitrogens with one attached hydrogen (secondary N) is 1. The highest BCUT2D eigenvalue weighted by Gasteiger charge is 2.20. The van der Waals surface area contributed by atoms with Gasteiger partial charge in [-0.2, -0.15) is 0 Å². The van der Waals surface area contributed by atoms with Crippen LogP contribution in [0.5, 0.6) is 0 Å². The van der Waals surface area contributed by atoms with Crippen molar-refractivity contribution in [3.63, 3.8) is 0 Å². The first kappa shape index (κ1) is 26.0. The summed E-state index contributed by atoms with van der Waals surface area (Å²) in [4.78, 5) is 35.3. The molecule has 0 saturated heterocycles. The third kappa shape index (κ3) is 8.02. The van der Waals surface area contributed by atoms with E-state index in [1.807, 2.05) is 38.1 Å². The van der Waals surface area contributed by atoms with E-state index in [0.717, 1.165) is 43.0 Å². The number of thiazole rings is 1. The summed E-state index contributed by atoms with van der Waals surface area (Å²) in [6.07, 6.45) is 4.60. The van der Waals surface area contributed by atoms with Gasteiger partial charge in [-0.25, -0.2) is 4.98 Å². The number of unbranched alkanes of at least 4 members (excludes halogenated alkanes) is 2. The zero-order chi connectivity index (χ0) is 23.5. The minimum atomic E-state index is -0.220. The van der Waals surface area contributed by atoms with Gasteiger partial charge in [0.2, 0.25) is 5.91 Å². The maximum atomic E-state index is 13.3. The number of carbonyl (C=O) groups is 2. The highest BCUT2D eigenvalue weighted by atomic mass is 32.1. The minimum Gasteiger partial charge on any atom is -0.328 e. The Bertz CT molecular complexity index is 840. The highest BCUT2D eigenvalue weighted by molar-refractivity contribution is 7.15. The van der Waals surface area contributed by atoms with Crippen molar-refractivity contribution in [3.05, 3.63) is 46.0 Å². The Morgan fingerprint density at radius 3 is 2.25 bits per heavy atom. The van der Waals surface area contributed by atoms with Crippen molar-refractivity contribution in [3.8, 4) is 0 Å². The van der Waals surface area contributed by atoms with Crippen LogP contribution < -0.4 is 5.32 Å². The predicted molar refractivity (Wildman–Crippen MR) is 134 cm³/mol. The van der Waals surface area contributed by atoms with Crippen molar-refractivity contribution in [2.45, 2.75) is 60.3 Å². The number of benzene rings is 1. The monoisotopic (exact) mass is 458 g/mol. The molecule has 6 nitrogen and oxygen atoms in total. The van der Waals surface area contributed by atoms with Crippen LogP contribution in [0.25, 0.3) is 0 Å². The molecule has 176 valence electrons. The fourth-order valence-corrected chi connectivity index (χ4v) is 4.32. The van der Waals surface area contributed by atoms with E-state index in [9.17, 15) is 9.59 Å². The molecular formula is C25H38N4O2S. The number of amides is 2. The topological polar surface area (TPSA) is 65.5 Å². The number of rotatable bonds is 13. The lowest BCUT2D eigenvalue weighted by Crippen LogP contribution is -2.42. The van der Waals surface area contributed by atoms with Gasteiger partial charge in [0.25, 0.3) is 5.91 Å². The predicted octanol–water partition coefficient (Wildman–Crippen LogP) is 4.92. The lowest BCUT2D eigenvalue weighted by Gasteiger charge is -2.26. The molecular weight excluding hydrogens is 420 g/mol. The van der Waals surface area contributed by atoms with Gasteiger partial charge in [-0.15, -0.1) is 11.3 Å². The summed E-state index contributed by atoms with van der Waals surface area (Å²) in [5.41, 5.74) is 2.79. The molecule has 0 saturated carbocycles. The van der Waals surface area contributed by atoms with Crippen LogP contribution in [0.1, 0.15) is 66.5 Å². The van der Waals surface area contributed by atoms with Gasteiger partial charge in [0.1, 0.15) is 6.54 Å². The molecule has 32 heavy (non-hydrogen) atoms. The lowest BCUT2D eigenvalue weighted by atomic mass is 10.0. The van der Waals surface area contributed by atoms with E-state index in [2.05, 4.69) is 36.0 Å². The van der Waals surface area contributed by atoms with Gasteiger partial charge in [0.05, 0.1) is 5.69 Å². The molecule has 2 aromatic rings. The zero-order valence-electron chi connectivity index (χ0n) is 20.2. The number of aryl methyl sites for hydroxylation is 3. The van der Waals surface area contributed by atoms with Crippen LogP contribution in [-0.2, 0) is 11.2 Å². The van der Waals surface area contributed by atoms with Gasteiger partial charge in [-0.3, -0.25) is 9.59 Å². The maximum Gasteiger partial charge on any atom is 0.254 e. The molecule has 0 atom stereocenters. The molecule has 1 heterocycles. The van der Waals surface area contributed by atoms with Crippen molar-refractivity contribution < 1.29 is 9.59 Å². The largest absolute Gasteiger partial charge is 0.328 e. The molecule has 1 N–H and O–H groups in total. The average Bonchev–Trinajstić information content (AvgIpc) is 3.10. The molecule has 0 aliphatic carbocycles. The van der Waals surface area contributed by atoms with E-state index in [1.165, 1.54) is 29.7 Å². The quantitative estimate of drug-likeness (QED) is 0.433.